The third kappa shape index (κ3) is 3.72. The van der Waals surface area contributed by atoms with E-state index in [1.54, 1.807) is 0 Å². The van der Waals surface area contributed by atoms with Crippen LogP contribution in [0.5, 0.6) is 0 Å². The second-order valence-corrected chi connectivity index (χ2v) is 7.22. The highest BCUT2D eigenvalue weighted by atomic mass is 19.3. The third-order valence-corrected chi connectivity index (χ3v) is 5.44. The lowest BCUT2D eigenvalue weighted by Crippen LogP contribution is -2.30. The fourth-order valence-corrected chi connectivity index (χ4v) is 3.96. The molecule has 1 aliphatic rings. The molecule has 8 heteroatoms. The van der Waals surface area contributed by atoms with Crippen molar-refractivity contribution in [3.05, 3.63) is 59.4 Å². The number of carbonyl (C=O) groups is 1. The number of nitrogens with one attached hydrogen (secondary N) is 2. The van der Waals surface area contributed by atoms with Crippen LogP contribution in [0.15, 0.2) is 42.5 Å². The summed E-state index contributed by atoms with van der Waals surface area (Å²) in [5.74, 6) is -0.628. The molecule has 0 saturated carbocycles. The van der Waals surface area contributed by atoms with Gasteiger partial charge in [0, 0.05) is 6.54 Å². The Morgan fingerprint density at radius 3 is 2.79 bits per heavy atom. The number of aromatic nitrogens is 3. The third-order valence-electron chi connectivity index (χ3n) is 5.44. The van der Waals surface area contributed by atoms with Crippen LogP contribution in [-0.2, 0) is 0 Å². The minimum Gasteiger partial charge on any atom is -0.344 e. The second kappa shape index (κ2) is 8.24. The highest BCUT2D eigenvalue weighted by Gasteiger charge is 2.31. The molecule has 0 radical (unpaired) electrons. The monoisotopic (exact) mass is 399 g/mol. The number of hydrogen-bond donors (Lipinski definition) is 2. The highest BCUT2D eigenvalue weighted by molar-refractivity contribution is 5.94. The molecule has 152 valence electrons. The van der Waals surface area contributed by atoms with E-state index in [2.05, 4.69) is 20.9 Å². The van der Waals surface area contributed by atoms with Crippen molar-refractivity contribution in [1.82, 2.24) is 25.6 Å². The molecule has 2 heterocycles. The molecule has 2 N–H and O–H groups in total. The Balaban J connectivity index is 1.64. The van der Waals surface area contributed by atoms with Gasteiger partial charge in [-0.05, 0) is 35.7 Å². The predicted octanol–water partition coefficient (Wildman–Crippen LogP) is 3.78. The molecular weight excluding hydrogens is 376 g/mol. The lowest BCUT2D eigenvalue weighted by molar-refractivity contribution is 0.0912. The van der Waals surface area contributed by atoms with Crippen molar-refractivity contribution in [1.29, 1.82) is 0 Å². The summed E-state index contributed by atoms with van der Waals surface area (Å²) in [7, 11) is 0. The van der Waals surface area contributed by atoms with Crippen molar-refractivity contribution in [3.8, 4) is 0 Å². The summed E-state index contributed by atoms with van der Waals surface area (Å²) in [6, 6.07) is 13.2. The van der Waals surface area contributed by atoms with Crippen molar-refractivity contribution >= 4 is 16.7 Å². The van der Waals surface area contributed by atoms with Gasteiger partial charge in [-0.1, -0.05) is 54.6 Å². The average Bonchev–Trinajstić information content (AvgIpc) is 3.41. The van der Waals surface area contributed by atoms with Crippen LogP contribution in [0.1, 0.15) is 60.0 Å². The van der Waals surface area contributed by atoms with Crippen LogP contribution in [0.2, 0.25) is 0 Å². The summed E-state index contributed by atoms with van der Waals surface area (Å²) in [5, 5.41) is 15.8. The number of carbonyl (C=O) groups excluding carboxylic acids is 1. The topological polar surface area (TPSA) is 71.8 Å². The van der Waals surface area contributed by atoms with Crippen molar-refractivity contribution in [3.63, 3.8) is 0 Å². The molecule has 1 saturated heterocycles. The number of nitrogens with zero attached hydrogens (tertiary/aromatic N) is 3. The number of rotatable bonds is 6. The van der Waals surface area contributed by atoms with E-state index in [1.807, 2.05) is 49.4 Å². The van der Waals surface area contributed by atoms with E-state index < -0.39 is 18.0 Å². The van der Waals surface area contributed by atoms with Gasteiger partial charge in [0.2, 0.25) is 0 Å². The second-order valence-electron chi connectivity index (χ2n) is 7.22. The summed E-state index contributed by atoms with van der Waals surface area (Å²) >= 11 is 0. The van der Waals surface area contributed by atoms with Gasteiger partial charge in [0.05, 0.1) is 12.1 Å². The molecule has 6 nitrogen and oxygen atoms in total. The minimum atomic E-state index is -2.83. The van der Waals surface area contributed by atoms with E-state index in [1.165, 1.54) is 4.68 Å². The van der Waals surface area contributed by atoms with Crippen LogP contribution in [0.3, 0.4) is 0 Å². The predicted molar refractivity (Wildman–Crippen MR) is 106 cm³/mol. The van der Waals surface area contributed by atoms with E-state index in [9.17, 15) is 13.6 Å². The number of alkyl halides is 2. The normalized spacial score (nSPS) is 17.7. The van der Waals surface area contributed by atoms with E-state index in [0.717, 1.165) is 22.9 Å². The fourth-order valence-electron chi connectivity index (χ4n) is 3.96. The van der Waals surface area contributed by atoms with Crippen LogP contribution >= 0.6 is 0 Å². The molecule has 0 bridgehead atoms. The van der Waals surface area contributed by atoms with Crippen LogP contribution in [0.25, 0.3) is 10.8 Å². The highest BCUT2D eigenvalue weighted by Crippen LogP contribution is 2.29. The van der Waals surface area contributed by atoms with Gasteiger partial charge in [-0.25, -0.2) is 13.5 Å². The van der Waals surface area contributed by atoms with Gasteiger partial charge >= 0.3 is 0 Å². The van der Waals surface area contributed by atoms with Crippen molar-refractivity contribution in [2.75, 3.05) is 13.1 Å². The zero-order valence-electron chi connectivity index (χ0n) is 16.1. The Hall–Kier alpha value is -2.87. The molecule has 2 aromatic carbocycles. The molecule has 3 aromatic rings. The summed E-state index contributed by atoms with van der Waals surface area (Å²) < 4.78 is 28.8. The number of fused-ring (bicyclic) bond motifs is 1. The number of halogens is 2. The van der Waals surface area contributed by atoms with Crippen molar-refractivity contribution in [2.45, 2.75) is 38.3 Å². The first-order valence-corrected chi connectivity index (χ1v) is 9.82. The van der Waals surface area contributed by atoms with E-state index in [-0.39, 0.29) is 17.8 Å². The Bertz CT molecular complexity index is 1010. The molecule has 1 amide bonds. The minimum absolute atomic E-state index is 0.215. The van der Waals surface area contributed by atoms with Crippen LogP contribution in [-0.4, -0.2) is 34.0 Å². The molecule has 1 aromatic heterocycles. The molecule has 29 heavy (non-hydrogen) atoms. The van der Waals surface area contributed by atoms with Crippen molar-refractivity contribution < 1.29 is 13.6 Å². The Morgan fingerprint density at radius 1 is 1.28 bits per heavy atom. The lowest BCUT2D eigenvalue weighted by atomic mass is 9.97. The Labute approximate surface area is 167 Å². The van der Waals surface area contributed by atoms with Crippen LogP contribution < -0.4 is 10.6 Å². The quantitative estimate of drug-likeness (QED) is 0.662. The van der Waals surface area contributed by atoms with Gasteiger partial charge in [0.1, 0.15) is 5.69 Å². The van der Waals surface area contributed by atoms with Crippen LogP contribution in [0, 0.1) is 0 Å². The molecule has 1 fully saturated rings. The van der Waals surface area contributed by atoms with Gasteiger partial charge in [-0.15, -0.1) is 5.10 Å². The van der Waals surface area contributed by atoms with Gasteiger partial charge in [0.15, 0.2) is 5.69 Å². The van der Waals surface area contributed by atoms with Gasteiger partial charge < -0.3 is 10.6 Å². The van der Waals surface area contributed by atoms with Crippen molar-refractivity contribution in [2.24, 2.45) is 0 Å². The first-order chi connectivity index (χ1) is 14.1. The first kappa shape index (κ1) is 19.4. The lowest BCUT2D eigenvalue weighted by Gasteiger charge is -2.19. The fraction of sp³-hybridized carbons (Fsp3) is 0.381. The van der Waals surface area contributed by atoms with Crippen LogP contribution in [0.4, 0.5) is 8.78 Å². The smallest absolute Gasteiger partial charge is 0.282 e. The molecule has 0 spiro atoms. The standard InChI is InChI=1S/C21H23F2N5O/c1-2-17(16-9-5-7-13-6-3-4-8-15(13)16)25-21(29)18-19(20(22)23)28(27-26-18)14-10-11-24-12-14/h3-9,14,17,20,24H,2,10-12H2,1H3,(H,25,29). The molecule has 2 atom stereocenters. The Kier molecular flexibility index (Phi) is 5.53. The molecule has 4 rings (SSSR count). The SMILES string of the molecule is CCC(NC(=O)c1nnn(C2CCNC2)c1C(F)F)c1cccc2ccccc12. The molecule has 1 aliphatic heterocycles. The first-order valence-electron chi connectivity index (χ1n) is 9.82. The largest absolute Gasteiger partial charge is 0.344 e. The van der Waals surface area contributed by atoms with E-state index in [4.69, 9.17) is 0 Å². The average molecular weight is 399 g/mol. The van der Waals surface area contributed by atoms with Gasteiger partial charge in [-0.3, -0.25) is 4.79 Å². The molecular formula is C21H23F2N5O. The summed E-state index contributed by atoms with van der Waals surface area (Å²) in [5.41, 5.74) is 0.236. The molecule has 0 aliphatic carbocycles. The van der Waals surface area contributed by atoms with E-state index >= 15 is 0 Å². The zero-order chi connectivity index (χ0) is 20.4. The summed E-state index contributed by atoms with van der Waals surface area (Å²) in [6.07, 6.45) is -1.54. The maximum atomic E-state index is 13.8. The number of benzene rings is 2. The Morgan fingerprint density at radius 2 is 2.07 bits per heavy atom. The molecule has 2 unspecified atom stereocenters. The van der Waals surface area contributed by atoms with E-state index in [0.29, 0.717) is 19.4 Å². The number of amides is 1. The summed E-state index contributed by atoms with van der Waals surface area (Å²) in [6.45, 7) is 3.22. The maximum absolute atomic E-state index is 13.8. The maximum Gasteiger partial charge on any atom is 0.282 e. The van der Waals surface area contributed by atoms with Gasteiger partial charge in [-0.2, -0.15) is 0 Å². The number of hydrogen-bond acceptors (Lipinski definition) is 4. The van der Waals surface area contributed by atoms with Gasteiger partial charge in [0.25, 0.3) is 12.3 Å². The summed E-state index contributed by atoms with van der Waals surface area (Å²) in [4.78, 5) is 12.9. The zero-order valence-corrected chi connectivity index (χ0v) is 16.1.